The molecule has 1 unspecified atom stereocenters. The molecule has 98 valence electrons. The molecule has 1 atom stereocenters. The molecule has 0 amide bonds. The summed E-state index contributed by atoms with van der Waals surface area (Å²) in [6.45, 7) is 6.68. The van der Waals surface area contributed by atoms with Crippen molar-refractivity contribution in [3.63, 3.8) is 0 Å². The second-order valence-electron chi connectivity index (χ2n) is 4.55. The number of nitrogens with one attached hydrogen (secondary N) is 1. The molecule has 0 aliphatic carbocycles. The first kappa shape index (κ1) is 14.5. The smallest absolute Gasteiger partial charge is 0.180 e. The molecule has 3 nitrogen and oxygen atoms in total. The van der Waals surface area contributed by atoms with E-state index in [1.807, 2.05) is 5.38 Å². The predicted molar refractivity (Wildman–Crippen MR) is 76.4 cm³/mol. The molecule has 0 saturated carbocycles. The SMILES string of the molecule is CCCCC(CC)CNCCc1csc(N)n1. The van der Waals surface area contributed by atoms with E-state index in [-0.39, 0.29) is 0 Å². The van der Waals surface area contributed by atoms with Crippen LogP contribution in [0.5, 0.6) is 0 Å². The summed E-state index contributed by atoms with van der Waals surface area (Å²) in [7, 11) is 0. The molecular weight excluding hydrogens is 230 g/mol. The molecule has 0 fully saturated rings. The molecule has 17 heavy (non-hydrogen) atoms. The molecule has 1 aromatic rings. The van der Waals surface area contributed by atoms with E-state index in [9.17, 15) is 0 Å². The number of nitrogen functional groups attached to an aromatic ring is 1. The molecule has 0 aliphatic heterocycles. The highest BCUT2D eigenvalue weighted by Crippen LogP contribution is 2.12. The van der Waals surface area contributed by atoms with Crippen LogP contribution in [0.25, 0.3) is 0 Å². The Morgan fingerprint density at radius 3 is 2.88 bits per heavy atom. The Morgan fingerprint density at radius 1 is 1.47 bits per heavy atom. The van der Waals surface area contributed by atoms with Gasteiger partial charge in [0.05, 0.1) is 5.69 Å². The average Bonchev–Trinajstić information content (AvgIpc) is 2.74. The molecule has 0 saturated heterocycles. The molecule has 3 N–H and O–H groups in total. The Kier molecular flexibility index (Phi) is 7.21. The maximum atomic E-state index is 5.59. The van der Waals surface area contributed by atoms with E-state index in [1.165, 1.54) is 37.0 Å². The van der Waals surface area contributed by atoms with Crippen LogP contribution >= 0.6 is 11.3 Å². The van der Waals surface area contributed by atoms with E-state index >= 15 is 0 Å². The quantitative estimate of drug-likeness (QED) is 0.667. The standard InChI is InChI=1S/C13H25N3S/c1-3-5-6-11(4-2)9-15-8-7-12-10-17-13(14)16-12/h10-11,15H,3-9H2,1-2H3,(H2,14,16). The average molecular weight is 255 g/mol. The van der Waals surface area contributed by atoms with E-state index in [1.54, 1.807) is 0 Å². The molecule has 0 bridgehead atoms. The summed E-state index contributed by atoms with van der Waals surface area (Å²) in [6.07, 6.45) is 6.26. The minimum atomic E-state index is 0.675. The highest BCUT2D eigenvalue weighted by Gasteiger charge is 2.05. The van der Waals surface area contributed by atoms with Gasteiger partial charge in [0.25, 0.3) is 0 Å². The van der Waals surface area contributed by atoms with Crippen LogP contribution in [0.2, 0.25) is 0 Å². The third-order valence-corrected chi connectivity index (χ3v) is 3.83. The number of rotatable bonds is 9. The zero-order valence-electron chi connectivity index (χ0n) is 11.0. The molecular formula is C13H25N3S. The van der Waals surface area contributed by atoms with Crippen LogP contribution in [0.15, 0.2) is 5.38 Å². The van der Waals surface area contributed by atoms with Crippen molar-refractivity contribution >= 4 is 16.5 Å². The Bertz CT molecular complexity index is 299. The van der Waals surface area contributed by atoms with Crippen LogP contribution in [0, 0.1) is 5.92 Å². The van der Waals surface area contributed by atoms with Gasteiger partial charge in [0.1, 0.15) is 0 Å². The molecule has 1 heterocycles. The van der Waals surface area contributed by atoms with Crippen LogP contribution in [0.4, 0.5) is 5.13 Å². The van der Waals surface area contributed by atoms with Gasteiger partial charge in [-0.25, -0.2) is 4.98 Å². The number of aromatic nitrogens is 1. The van der Waals surface area contributed by atoms with E-state index in [4.69, 9.17) is 5.73 Å². The summed E-state index contributed by atoms with van der Waals surface area (Å²) in [6, 6.07) is 0. The van der Waals surface area contributed by atoms with Crippen molar-refractivity contribution in [2.24, 2.45) is 5.92 Å². The molecule has 4 heteroatoms. The third-order valence-electron chi connectivity index (χ3n) is 3.10. The Morgan fingerprint density at radius 2 is 2.29 bits per heavy atom. The first-order valence-corrected chi connectivity index (χ1v) is 7.54. The number of thiazole rings is 1. The number of hydrogen-bond acceptors (Lipinski definition) is 4. The van der Waals surface area contributed by atoms with Crippen molar-refractivity contribution in [1.82, 2.24) is 10.3 Å². The monoisotopic (exact) mass is 255 g/mol. The largest absolute Gasteiger partial charge is 0.375 e. The van der Waals surface area contributed by atoms with Gasteiger partial charge >= 0.3 is 0 Å². The number of unbranched alkanes of at least 4 members (excludes halogenated alkanes) is 1. The summed E-state index contributed by atoms with van der Waals surface area (Å²) < 4.78 is 0. The maximum absolute atomic E-state index is 5.59. The highest BCUT2D eigenvalue weighted by molar-refractivity contribution is 7.13. The second-order valence-corrected chi connectivity index (χ2v) is 5.44. The van der Waals surface area contributed by atoms with Crippen molar-refractivity contribution in [2.45, 2.75) is 46.0 Å². The summed E-state index contributed by atoms with van der Waals surface area (Å²) in [5.41, 5.74) is 6.71. The fourth-order valence-corrected chi connectivity index (χ4v) is 2.50. The third kappa shape index (κ3) is 6.03. The van der Waals surface area contributed by atoms with Crippen molar-refractivity contribution in [1.29, 1.82) is 0 Å². The maximum Gasteiger partial charge on any atom is 0.180 e. The number of anilines is 1. The minimum absolute atomic E-state index is 0.675. The van der Waals surface area contributed by atoms with Gasteiger partial charge in [-0.05, 0) is 18.9 Å². The number of nitrogens with two attached hydrogens (primary N) is 1. The lowest BCUT2D eigenvalue weighted by molar-refractivity contribution is 0.421. The Labute approximate surface area is 109 Å². The van der Waals surface area contributed by atoms with Crippen molar-refractivity contribution in [3.05, 3.63) is 11.1 Å². The number of nitrogens with zero attached hydrogens (tertiary/aromatic N) is 1. The molecule has 1 aromatic heterocycles. The van der Waals surface area contributed by atoms with Gasteiger partial charge in [-0.3, -0.25) is 0 Å². The molecule has 1 rings (SSSR count). The van der Waals surface area contributed by atoms with E-state index < -0.39 is 0 Å². The van der Waals surface area contributed by atoms with Crippen molar-refractivity contribution < 1.29 is 0 Å². The zero-order valence-corrected chi connectivity index (χ0v) is 11.9. The van der Waals surface area contributed by atoms with E-state index in [0.717, 1.165) is 31.1 Å². The molecule has 0 aliphatic rings. The lowest BCUT2D eigenvalue weighted by Crippen LogP contribution is -2.24. The zero-order chi connectivity index (χ0) is 12.5. The lowest BCUT2D eigenvalue weighted by Gasteiger charge is -2.14. The first-order valence-electron chi connectivity index (χ1n) is 6.66. The van der Waals surface area contributed by atoms with Crippen molar-refractivity contribution in [3.8, 4) is 0 Å². The summed E-state index contributed by atoms with van der Waals surface area (Å²) in [5, 5.41) is 6.25. The Hall–Kier alpha value is -0.610. The first-order chi connectivity index (χ1) is 8.26. The van der Waals surface area contributed by atoms with Crippen LogP contribution in [0.1, 0.15) is 45.2 Å². The second kappa shape index (κ2) is 8.48. The van der Waals surface area contributed by atoms with Crippen LogP contribution in [-0.4, -0.2) is 18.1 Å². The van der Waals surface area contributed by atoms with Gasteiger partial charge in [0, 0.05) is 18.3 Å². The van der Waals surface area contributed by atoms with E-state index in [0.29, 0.717) is 5.13 Å². The molecule has 0 radical (unpaired) electrons. The minimum Gasteiger partial charge on any atom is -0.375 e. The topological polar surface area (TPSA) is 50.9 Å². The van der Waals surface area contributed by atoms with Gasteiger partial charge in [-0.1, -0.05) is 33.1 Å². The predicted octanol–water partition coefficient (Wildman–Crippen LogP) is 3.07. The fourth-order valence-electron chi connectivity index (χ4n) is 1.90. The van der Waals surface area contributed by atoms with Crippen molar-refractivity contribution in [2.75, 3.05) is 18.8 Å². The van der Waals surface area contributed by atoms with Gasteiger partial charge in [-0.15, -0.1) is 11.3 Å². The fraction of sp³-hybridized carbons (Fsp3) is 0.769. The molecule has 0 aromatic carbocycles. The van der Waals surface area contributed by atoms with Gasteiger partial charge < -0.3 is 11.1 Å². The van der Waals surface area contributed by atoms with Gasteiger partial charge in [-0.2, -0.15) is 0 Å². The summed E-state index contributed by atoms with van der Waals surface area (Å²) in [5.74, 6) is 0.829. The van der Waals surface area contributed by atoms with Gasteiger partial charge in [0.2, 0.25) is 0 Å². The van der Waals surface area contributed by atoms with Gasteiger partial charge in [0.15, 0.2) is 5.13 Å². The van der Waals surface area contributed by atoms with Crippen LogP contribution in [-0.2, 0) is 6.42 Å². The number of hydrogen-bond donors (Lipinski definition) is 2. The van der Waals surface area contributed by atoms with E-state index in [2.05, 4.69) is 24.1 Å². The van der Waals surface area contributed by atoms with Crippen LogP contribution in [0.3, 0.4) is 0 Å². The highest BCUT2D eigenvalue weighted by atomic mass is 32.1. The molecule has 0 spiro atoms. The van der Waals surface area contributed by atoms with Crippen LogP contribution < -0.4 is 11.1 Å². The Balaban J connectivity index is 2.09. The normalized spacial score (nSPS) is 12.8. The summed E-state index contributed by atoms with van der Waals surface area (Å²) >= 11 is 1.52. The lowest BCUT2D eigenvalue weighted by atomic mass is 9.99. The summed E-state index contributed by atoms with van der Waals surface area (Å²) in [4.78, 5) is 4.25.